The quantitative estimate of drug-likeness (QED) is 0.145. The summed E-state index contributed by atoms with van der Waals surface area (Å²) >= 11 is 2.74. The summed E-state index contributed by atoms with van der Waals surface area (Å²) in [4.78, 5) is 19.5. The summed E-state index contributed by atoms with van der Waals surface area (Å²) in [5, 5.41) is 7.39. The molecule has 0 N–H and O–H groups in total. The van der Waals surface area contributed by atoms with Gasteiger partial charge in [0, 0.05) is 0 Å². The SMILES string of the molecule is c1ccc(-c2cccc3cccc(-c4cn[c]([Ir]([c]5ncc(-c6cccc7cccc(-c8ccccc8)c67)s5)[c]5ncc(-c6cccc7cccc(-c8ccccc8)c67)s5)s4)c23)cc1. The molecule has 7 heteroatoms. The molecule has 0 amide bonds. The van der Waals surface area contributed by atoms with Crippen LogP contribution in [0.1, 0.15) is 0 Å². The third kappa shape index (κ3) is 7.03. The van der Waals surface area contributed by atoms with Gasteiger partial charge in [-0.05, 0) is 0 Å². The van der Waals surface area contributed by atoms with Gasteiger partial charge in [0.25, 0.3) is 0 Å². The van der Waals surface area contributed by atoms with Crippen LogP contribution in [-0.2, 0) is 16.5 Å². The van der Waals surface area contributed by atoms with Crippen molar-refractivity contribution >= 4 is 76.9 Å². The van der Waals surface area contributed by atoms with Gasteiger partial charge >= 0.3 is 392 Å². The molecule has 0 radical (unpaired) electrons. The van der Waals surface area contributed by atoms with Gasteiger partial charge in [0.2, 0.25) is 0 Å². The molecule has 3 heterocycles. The predicted octanol–water partition coefficient (Wildman–Crippen LogP) is 14.4. The number of fused-ring (bicyclic) bond motifs is 3. The molecular weight excluding hydrogens is 1020 g/mol. The summed E-state index contributed by atoms with van der Waals surface area (Å²) in [6.07, 6.45) is 6.29. The molecule has 0 atom stereocenters. The van der Waals surface area contributed by atoms with Crippen LogP contribution in [0.15, 0.2) is 219 Å². The molecule has 0 unspecified atom stereocenters. The molecule has 3 aromatic heterocycles. The number of aromatic nitrogens is 3. The molecule has 0 bridgehead atoms. The van der Waals surface area contributed by atoms with Crippen LogP contribution in [0.25, 0.3) is 97.0 Å². The van der Waals surface area contributed by atoms with Crippen molar-refractivity contribution in [3.8, 4) is 64.7 Å². The van der Waals surface area contributed by atoms with Crippen molar-refractivity contribution in [1.29, 1.82) is 0 Å². The summed E-state index contributed by atoms with van der Waals surface area (Å²) in [5.74, 6) is 0. The fraction of sp³-hybridized carbons (Fsp3) is 0. The Balaban J connectivity index is 1.02. The molecule has 0 saturated heterocycles. The monoisotopic (exact) mass is 1050 g/mol. The Morgan fingerprint density at radius 1 is 0.266 bits per heavy atom. The molecule has 3 nitrogen and oxygen atoms in total. The van der Waals surface area contributed by atoms with Crippen molar-refractivity contribution in [2.24, 2.45) is 0 Å². The van der Waals surface area contributed by atoms with Crippen LogP contribution in [-0.4, -0.2) is 15.0 Å². The van der Waals surface area contributed by atoms with Crippen LogP contribution in [0.4, 0.5) is 0 Å². The van der Waals surface area contributed by atoms with E-state index in [2.05, 4.69) is 219 Å². The third-order valence-corrected chi connectivity index (χ3v) is 23.6. The summed E-state index contributed by atoms with van der Waals surface area (Å²) in [6, 6.07) is 71.9. The summed E-state index contributed by atoms with van der Waals surface area (Å²) in [5.41, 5.74) is 10.9. The van der Waals surface area contributed by atoms with E-state index >= 15 is 0 Å². The first-order valence-corrected chi connectivity index (χ1v) is 27.0. The molecular formula is C57H36IrN3S3. The van der Waals surface area contributed by atoms with Crippen LogP contribution >= 0.6 is 34.0 Å². The molecule has 0 fully saturated rings. The number of hydrogen-bond acceptors (Lipinski definition) is 6. The van der Waals surface area contributed by atoms with Crippen molar-refractivity contribution in [3.63, 3.8) is 0 Å². The average molecular weight is 1050 g/mol. The molecule has 64 heavy (non-hydrogen) atoms. The molecule has 306 valence electrons. The van der Waals surface area contributed by atoms with E-state index in [1.165, 1.54) is 82.4 Å². The van der Waals surface area contributed by atoms with Gasteiger partial charge in [0.1, 0.15) is 0 Å². The molecule has 9 aromatic carbocycles. The normalized spacial score (nSPS) is 11.7. The van der Waals surface area contributed by atoms with Crippen LogP contribution in [0, 0.1) is 0 Å². The molecule has 0 aliphatic carbocycles. The van der Waals surface area contributed by atoms with E-state index < -0.39 is 16.5 Å². The van der Waals surface area contributed by atoms with Crippen molar-refractivity contribution in [3.05, 3.63) is 219 Å². The van der Waals surface area contributed by atoms with Crippen LogP contribution in [0.5, 0.6) is 0 Å². The van der Waals surface area contributed by atoms with Gasteiger partial charge in [-0.1, -0.05) is 0 Å². The van der Waals surface area contributed by atoms with Crippen LogP contribution in [0.3, 0.4) is 0 Å². The Bertz CT molecular complexity index is 3240. The van der Waals surface area contributed by atoms with E-state index in [0.29, 0.717) is 0 Å². The first-order valence-electron chi connectivity index (χ1n) is 21.0. The average Bonchev–Trinajstić information content (AvgIpc) is 4.17. The summed E-state index contributed by atoms with van der Waals surface area (Å²) < 4.78 is 3.41. The molecule has 0 saturated carbocycles. The molecule has 0 spiro atoms. The zero-order chi connectivity index (χ0) is 42.4. The Kier molecular flexibility index (Phi) is 10.2. The predicted molar refractivity (Wildman–Crippen MR) is 270 cm³/mol. The van der Waals surface area contributed by atoms with Gasteiger partial charge in [-0.25, -0.2) is 0 Å². The molecule has 12 rings (SSSR count). The number of rotatable bonds is 9. The van der Waals surface area contributed by atoms with Gasteiger partial charge in [0.15, 0.2) is 0 Å². The van der Waals surface area contributed by atoms with Crippen molar-refractivity contribution in [2.45, 2.75) is 0 Å². The fourth-order valence-electron chi connectivity index (χ4n) is 8.74. The third-order valence-electron chi connectivity index (χ3n) is 11.6. The Morgan fingerprint density at radius 2 is 0.531 bits per heavy atom. The topological polar surface area (TPSA) is 38.7 Å². The first kappa shape index (κ1) is 38.9. The van der Waals surface area contributed by atoms with Crippen molar-refractivity contribution in [2.75, 3.05) is 0 Å². The second-order valence-corrected chi connectivity index (χ2v) is 26.0. The Hall–Kier alpha value is -6.70. The Labute approximate surface area is 388 Å². The molecule has 0 aliphatic heterocycles. The van der Waals surface area contributed by atoms with E-state index in [9.17, 15) is 0 Å². The maximum atomic E-state index is 5.35. The second-order valence-electron chi connectivity index (χ2n) is 15.4. The van der Waals surface area contributed by atoms with Crippen molar-refractivity contribution in [1.82, 2.24) is 15.0 Å². The zero-order valence-electron chi connectivity index (χ0n) is 34.2. The van der Waals surface area contributed by atoms with Gasteiger partial charge in [-0.2, -0.15) is 0 Å². The number of thiazole rings is 3. The second kappa shape index (κ2) is 16.8. The van der Waals surface area contributed by atoms with Crippen LogP contribution < -0.4 is 10.6 Å². The minimum absolute atomic E-state index is 1.14. The zero-order valence-corrected chi connectivity index (χ0v) is 39.0. The van der Waals surface area contributed by atoms with E-state index in [-0.39, 0.29) is 0 Å². The fourth-order valence-corrected chi connectivity index (χ4v) is 22.4. The van der Waals surface area contributed by atoms with Gasteiger partial charge < -0.3 is 0 Å². The Morgan fingerprint density at radius 3 is 0.812 bits per heavy atom. The van der Waals surface area contributed by atoms with Crippen molar-refractivity contribution < 1.29 is 16.5 Å². The van der Waals surface area contributed by atoms with Gasteiger partial charge in [0.05, 0.1) is 0 Å². The van der Waals surface area contributed by atoms with E-state index in [1.54, 1.807) is 0 Å². The van der Waals surface area contributed by atoms with Gasteiger partial charge in [-0.3, -0.25) is 0 Å². The molecule has 12 aromatic rings. The van der Waals surface area contributed by atoms with E-state index in [1.807, 2.05) is 34.0 Å². The number of benzene rings is 9. The summed E-state index contributed by atoms with van der Waals surface area (Å²) in [7, 11) is 0. The first-order chi connectivity index (χ1) is 31.7. The maximum absolute atomic E-state index is 5.35. The summed E-state index contributed by atoms with van der Waals surface area (Å²) in [6.45, 7) is 0. The van der Waals surface area contributed by atoms with Gasteiger partial charge in [-0.15, -0.1) is 0 Å². The standard InChI is InChI=1S/3C19H12NS.Ir/c3*1-2-6-14(7-3-1)16-10-4-8-15-9-5-11-17(19(15)16)18-12-20-13-21-18;/h3*1-12H;. The van der Waals surface area contributed by atoms with Crippen LogP contribution in [0.2, 0.25) is 0 Å². The van der Waals surface area contributed by atoms with E-state index in [4.69, 9.17) is 15.0 Å². The minimum atomic E-state index is -2.70. The molecule has 0 aliphatic rings. The number of hydrogen-bond donors (Lipinski definition) is 0. The van der Waals surface area contributed by atoms with E-state index in [0.717, 1.165) is 25.2 Å². The number of nitrogens with zero attached hydrogens (tertiary/aromatic N) is 3.